The van der Waals surface area contributed by atoms with Crippen molar-refractivity contribution in [2.45, 2.75) is 32.3 Å². The van der Waals surface area contributed by atoms with E-state index in [4.69, 9.17) is 10.8 Å². The number of hydrogen-bond acceptors (Lipinski definition) is 2. The second-order valence-corrected chi connectivity index (χ2v) is 2.03. The molecule has 0 aromatic rings. The number of aliphatic hydroxyl groups excluding tert-OH is 1. The van der Waals surface area contributed by atoms with Gasteiger partial charge in [-0.25, -0.2) is 0 Å². The monoisotopic (exact) mass is 117 g/mol. The van der Waals surface area contributed by atoms with Crippen LogP contribution in [-0.2, 0) is 0 Å². The maximum atomic E-state index is 8.86. The summed E-state index contributed by atoms with van der Waals surface area (Å²) in [7, 11) is 0. The summed E-state index contributed by atoms with van der Waals surface area (Å²) >= 11 is 0. The smallest absolute Gasteiger partial charge is 0.0662 e. The third kappa shape index (κ3) is 4.09. The minimum absolute atomic E-state index is 0.269. The zero-order valence-electron chi connectivity index (χ0n) is 5.43. The lowest BCUT2D eigenvalue weighted by atomic mass is 10.2. The molecule has 0 saturated carbocycles. The first-order valence-corrected chi connectivity index (χ1v) is 3.19. The summed E-state index contributed by atoms with van der Waals surface area (Å²) in [5.74, 6) is 0. The van der Waals surface area contributed by atoms with Crippen molar-refractivity contribution in [1.29, 1.82) is 0 Å². The van der Waals surface area contributed by atoms with Crippen molar-refractivity contribution in [1.82, 2.24) is 0 Å². The van der Waals surface area contributed by atoms with Gasteiger partial charge in [-0.1, -0.05) is 19.8 Å². The Morgan fingerprint density at radius 2 is 2.25 bits per heavy atom. The van der Waals surface area contributed by atoms with Gasteiger partial charge in [0.2, 0.25) is 0 Å². The lowest BCUT2D eigenvalue weighted by molar-refractivity contribution is 0.169. The highest BCUT2D eigenvalue weighted by Crippen LogP contribution is 1.97. The Hall–Kier alpha value is -0.0800. The highest BCUT2D eigenvalue weighted by molar-refractivity contribution is 4.53. The van der Waals surface area contributed by atoms with Crippen molar-refractivity contribution in [2.75, 3.05) is 6.54 Å². The van der Waals surface area contributed by atoms with Gasteiger partial charge in [-0.05, 0) is 6.42 Å². The van der Waals surface area contributed by atoms with E-state index in [1.807, 2.05) is 0 Å². The van der Waals surface area contributed by atoms with Crippen molar-refractivity contribution >= 4 is 0 Å². The van der Waals surface area contributed by atoms with Crippen LogP contribution in [0.3, 0.4) is 0 Å². The van der Waals surface area contributed by atoms with Gasteiger partial charge in [-0.15, -0.1) is 0 Å². The fourth-order valence-corrected chi connectivity index (χ4v) is 0.558. The number of unbranched alkanes of at least 4 members (excludes halogenated alkanes) is 1. The molecule has 0 amide bonds. The van der Waals surface area contributed by atoms with Crippen molar-refractivity contribution in [3.8, 4) is 0 Å². The molecule has 0 radical (unpaired) electrons. The summed E-state index contributed by atoms with van der Waals surface area (Å²) in [5, 5.41) is 8.86. The fourth-order valence-electron chi connectivity index (χ4n) is 0.558. The number of hydrogen-bond donors (Lipinski definition) is 2. The number of rotatable bonds is 4. The van der Waals surface area contributed by atoms with Crippen LogP contribution >= 0.6 is 0 Å². The standard InChI is InChI=1S/C6H15NO/c1-2-3-4-6(8)5-7/h6,8H,2-5,7H2,1H3. The van der Waals surface area contributed by atoms with Crippen LogP contribution in [0.4, 0.5) is 0 Å². The van der Waals surface area contributed by atoms with Gasteiger partial charge >= 0.3 is 0 Å². The van der Waals surface area contributed by atoms with E-state index >= 15 is 0 Å². The molecule has 0 spiro atoms. The third-order valence-electron chi connectivity index (χ3n) is 1.16. The molecule has 8 heavy (non-hydrogen) atoms. The van der Waals surface area contributed by atoms with Crippen molar-refractivity contribution < 1.29 is 5.11 Å². The molecular weight excluding hydrogens is 102 g/mol. The van der Waals surface area contributed by atoms with Crippen LogP contribution in [0.2, 0.25) is 0 Å². The zero-order valence-corrected chi connectivity index (χ0v) is 5.43. The molecule has 0 aromatic carbocycles. The van der Waals surface area contributed by atoms with Crippen molar-refractivity contribution in [3.05, 3.63) is 0 Å². The molecule has 1 atom stereocenters. The maximum Gasteiger partial charge on any atom is 0.0662 e. The first-order valence-electron chi connectivity index (χ1n) is 3.19. The third-order valence-corrected chi connectivity index (χ3v) is 1.16. The molecule has 0 bridgehead atoms. The molecule has 1 unspecified atom stereocenters. The normalized spacial score (nSPS) is 13.9. The summed E-state index contributed by atoms with van der Waals surface area (Å²) in [5.41, 5.74) is 5.16. The predicted molar refractivity (Wildman–Crippen MR) is 34.6 cm³/mol. The van der Waals surface area contributed by atoms with Crippen molar-refractivity contribution in [2.24, 2.45) is 5.73 Å². The average Bonchev–Trinajstić information content (AvgIpc) is 1.83. The van der Waals surface area contributed by atoms with Gasteiger partial charge in [0.05, 0.1) is 6.10 Å². The molecule has 0 aromatic heterocycles. The topological polar surface area (TPSA) is 46.2 Å². The van der Waals surface area contributed by atoms with Gasteiger partial charge in [0.1, 0.15) is 0 Å². The lowest BCUT2D eigenvalue weighted by Crippen LogP contribution is -2.18. The highest BCUT2D eigenvalue weighted by Gasteiger charge is 1.96. The summed E-state index contributed by atoms with van der Waals surface area (Å²) in [6, 6.07) is 0. The minimum Gasteiger partial charge on any atom is -0.392 e. The van der Waals surface area contributed by atoms with Crippen LogP contribution in [0.5, 0.6) is 0 Å². The lowest BCUT2D eigenvalue weighted by Gasteiger charge is -2.03. The highest BCUT2D eigenvalue weighted by atomic mass is 16.3. The average molecular weight is 117 g/mol. The Bertz CT molecular complexity index is 47.8. The van der Waals surface area contributed by atoms with Crippen LogP contribution in [-0.4, -0.2) is 17.8 Å². The van der Waals surface area contributed by atoms with Gasteiger partial charge in [0.15, 0.2) is 0 Å². The summed E-state index contributed by atoms with van der Waals surface area (Å²) in [6.07, 6.45) is 2.80. The van der Waals surface area contributed by atoms with E-state index in [1.54, 1.807) is 0 Å². The van der Waals surface area contributed by atoms with Gasteiger partial charge < -0.3 is 10.8 Å². The Labute approximate surface area is 50.7 Å². The van der Waals surface area contributed by atoms with Crippen molar-refractivity contribution in [3.63, 3.8) is 0 Å². The Morgan fingerprint density at radius 1 is 1.62 bits per heavy atom. The fraction of sp³-hybridized carbons (Fsp3) is 1.00. The Morgan fingerprint density at radius 3 is 2.62 bits per heavy atom. The second kappa shape index (κ2) is 5.06. The van der Waals surface area contributed by atoms with E-state index in [0.29, 0.717) is 6.54 Å². The number of nitrogens with two attached hydrogens (primary N) is 1. The Balaban J connectivity index is 2.86. The van der Waals surface area contributed by atoms with Crippen LogP contribution in [0.25, 0.3) is 0 Å². The molecule has 3 N–H and O–H groups in total. The molecule has 0 heterocycles. The van der Waals surface area contributed by atoms with E-state index in [-0.39, 0.29) is 6.10 Å². The largest absolute Gasteiger partial charge is 0.392 e. The molecule has 2 nitrogen and oxygen atoms in total. The van der Waals surface area contributed by atoms with E-state index in [1.165, 1.54) is 0 Å². The molecular formula is C6H15NO. The Kier molecular flexibility index (Phi) is 5.01. The van der Waals surface area contributed by atoms with E-state index in [0.717, 1.165) is 19.3 Å². The van der Waals surface area contributed by atoms with Crippen LogP contribution in [0.1, 0.15) is 26.2 Å². The van der Waals surface area contributed by atoms with Crippen LogP contribution < -0.4 is 5.73 Å². The second-order valence-electron chi connectivity index (χ2n) is 2.03. The summed E-state index contributed by atoms with van der Waals surface area (Å²) in [6.45, 7) is 2.50. The minimum atomic E-state index is -0.269. The van der Waals surface area contributed by atoms with Crippen LogP contribution in [0.15, 0.2) is 0 Å². The summed E-state index contributed by atoms with van der Waals surface area (Å²) in [4.78, 5) is 0. The molecule has 50 valence electrons. The SMILES string of the molecule is CCCCC(O)CN. The molecule has 0 aliphatic heterocycles. The first-order chi connectivity index (χ1) is 3.81. The van der Waals surface area contributed by atoms with Gasteiger partial charge in [-0.3, -0.25) is 0 Å². The first kappa shape index (κ1) is 7.92. The quantitative estimate of drug-likeness (QED) is 0.563. The van der Waals surface area contributed by atoms with E-state index in [9.17, 15) is 0 Å². The van der Waals surface area contributed by atoms with Gasteiger partial charge in [0, 0.05) is 6.54 Å². The summed E-state index contributed by atoms with van der Waals surface area (Å²) < 4.78 is 0. The van der Waals surface area contributed by atoms with Gasteiger partial charge in [0.25, 0.3) is 0 Å². The zero-order chi connectivity index (χ0) is 6.41. The molecule has 0 rings (SSSR count). The molecule has 0 aliphatic rings. The molecule has 0 saturated heterocycles. The predicted octanol–water partition coefficient (Wildman–Crippen LogP) is 0.496. The molecule has 0 fully saturated rings. The van der Waals surface area contributed by atoms with Crippen LogP contribution in [0, 0.1) is 0 Å². The molecule has 2 heteroatoms. The van der Waals surface area contributed by atoms with E-state index in [2.05, 4.69) is 6.92 Å². The maximum absolute atomic E-state index is 8.86. The van der Waals surface area contributed by atoms with E-state index < -0.39 is 0 Å². The number of aliphatic hydroxyl groups is 1. The molecule has 0 aliphatic carbocycles. The van der Waals surface area contributed by atoms with Gasteiger partial charge in [-0.2, -0.15) is 0 Å².